The van der Waals surface area contributed by atoms with Crippen molar-refractivity contribution in [3.63, 3.8) is 0 Å². The molecule has 8 heteroatoms. The van der Waals surface area contributed by atoms with Gasteiger partial charge in [-0.15, -0.1) is 0 Å². The van der Waals surface area contributed by atoms with Crippen LogP contribution in [0.4, 0.5) is 10.2 Å². The third kappa shape index (κ3) is 4.60. The molecule has 1 aromatic carbocycles. The van der Waals surface area contributed by atoms with E-state index >= 15 is 0 Å². The molecule has 7 nitrogen and oxygen atoms in total. The van der Waals surface area contributed by atoms with Crippen molar-refractivity contribution in [2.24, 2.45) is 0 Å². The molecule has 4 rings (SSSR count). The first-order valence-corrected chi connectivity index (χ1v) is 11.0. The van der Waals surface area contributed by atoms with E-state index < -0.39 is 17.3 Å². The molecule has 0 unspecified atom stereocenters. The highest BCUT2D eigenvalue weighted by Crippen LogP contribution is 2.31. The standard InChI is InChI=1S/C24H29FN4O3/c1-14-9-20(25)18(22(31)27-16-5-6-16)11-17(14)15-10-19(23(32)29-7-4-8-29)21(26-12-15)28-24(2,3)13-30/h9-12,16,30H,4-8,13H2,1-3H3,(H,26,28)(H,27,31). The topological polar surface area (TPSA) is 94.6 Å². The Labute approximate surface area is 187 Å². The summed E-state index contributed by atoms with van der Waals surface area (Å²) in [5, 5.41) is 15.6. The number of hydrogen-bond donors (Lipinski definition) is 3. The zero-order valence-electron chi connectivity index (χ0n) is 18.7. The molecule has 0 spiro atoms. The Morgan fingerprint density at radius 1 is 1.22 bits per heavy atom. The number of aliphatic hydroxyl groups excluding tert-OH is 1. The summed E-state index contributed by atoms with van der Waals surface area (Å²) in [5.74, 6) is -0.763. The van der Waals surface area contributed by atoms with Gasteiger partial charge in [0.2, 0.25) is 0 Å². The number of hydrogen-bond acceptors (Lipinski definition) is 5. The largest absolute Gasteiger partial charge is 0.394 e. The molecule has 170 valence electrons. The Morgan fingerprint density at radius 3 is 2.53 bits per heavy atom. The van der Waals surface area contributed by atoms with Gasteiger partial charge in [0.25, 0.3) is 11.8 Å². The van der Waals surface area contributed by atoms with E-state index in [0.717, 1.165) is 19.3 Å². The molecule has 2 fully saturated rings. The van der Waals surface area contributed by atoms with Gasteiger partial charge in [-0.25, -0.2) is 9.37 Å². The number of aryl methyl sites for hydroxylation is 1. The van der Waals surface area contributed by atoms with Crippen molar-refractivity contribution < 1.29 is 19.1 Å². The lowest BCUT2D eigenvalue weighted by Crippen LogP contribution is -2.43. The number of likely N-dealkylation sites (tertiary alicyclic amines) is 1. The number of pyridine rings is 1. The summed E-state index contributed by atoms with van der Waals surface area (Å²) < 4.78 is 14.6. The predicted molar refractivity (Wildman–Crippen MR) is 120 cm³/mol. The Hall–Kier alpha value is -3.00. The number of nitrogens with one attached hydrogen (secondary N) is 2. The first kappa shape index (κ1) is 22.2. The first-order valence-electron chi connectivity index (χ1n) is 11.0. The van der Waals surface area contributed by atoms with Crippen LogP contribution in [0.15, 0.2) is 24.4 Å². The lowest BCUT2D eigenvalue weighted by molar-refractivity contribution is 0.0652. The number of nitrogens with zero attached hydrogens (tertiary/aromatic N) is 2. The zero-order chi connectivity index (χ0) is 23.0. The maximum absolute atomic E-state index is 14.6. The van der Waals surface area contributed by atoms with Crippen LogP contribution < -0.4 is 10.6 Å². The third-order valence-corrected chi connectivity index (χ3v) is 5.90. The fourth-order valence-corrected chi connectivity index (χ4v) is 3.57. The number of benzene rings is 1. The monoisotopic (exact) mass is 440 g/mol. The highest BCUT2D eigenvalue weighted by atomic mass is 19.1. The maximum atomic E-state index is 14.6. The van der Waals surface area contributed by atoms with Crippen LogP contribution >= 0.6 is 0 Å². The van der Waals surface area contributed by atoms with Crippen LogP contribution in [0.3, 0.4) is 0 Å². The second-order valence-corrected chi connectivity index (χ2v) is 9.33. The average Bonchev–Trinajstić information content (AvgIpc) is 3.51. The van der Waals surface area contributed by atoms with Gasteiger partial charge in [-0.2, -0.15) is 0 Å². The van der Waals surface area contributed by atoms with E-state index in [4.69, 9.17) is 0 Å². The van der Waals surface area contributed by atoms with Gasteiger partial charge in [-0.05, 0) is 69.4 Å². The van der Waals surface area contributed by atoms with E-state index in [0.29, 0.717) is 41.2 Å². The summed E-state index contributed by atoms with van der Waals surface area (Å²) in [5.41, 5.74) is 1.61. The van der Waals surface area contributed by atoms with Crippen LogP contribution in [0, 0.1) is 12.7 Å². The molecule has 1 saturated heterocycles. The molecule has 2 aromatic rings. The van der Waals surface area contributed by atoms with Crippen molar-refractivity contribution in [1.82, 2.24) is 15.2 Å². The Bertz CT molecular complexity index is 1060. The summed E-state index contributed by atoms with van der Waals surface area (Å²) in [6, 6.07) is 4.72. The molecule has 3 N–H and O–H groups in total. The Kier molecular flexibility index (Phi) is 5.90. The number of aliphatic hydroxyl groups is 1. The molecule has 1 saturated carbocycles. The molecule has 1 aliphatic heterocycles. The van der Waals surface area contributed by atoms with Crippen molar-refractivity contribution in [3.05, 3.63) is 46.9 Å². The molecule has 0 bridgehead atoms. The highest BCUT2D eigenvalue weighted by molar-refractivity contribution is 6.01. The number of carbonyl (C=O) groups is 2. The molecule has 32 heavy (non-hydrogen) atoms. The number of anilines is 1. The van der Waals surface area contributed by atoms with Gasteiger partial charge in [0, 0.05) is 30.9 Å². The van der Waals surface area contributed by atoms with E-state index in [1.165, 1.54) is 12.1 Å². The molecule has 1 aromatic heterocycles. The molecule has 1 aliphatic carbocycles. The number of carbonyl (C=O) groups excluding carboxylic acids is 2. The number of aromatic nitrogens is 1. The van der Waals surface area contributed by atoms with E-state index in [-0.39, 0.29) is 24.1 Å². The smallest absolute Gasteiger partial charge is 0.257 e. The number of amides is 2. The molecule has 0 radical (unpaired) electrons. The van der Waals surface area contributed by atoms with Crippen LogP contribution in [-0.2, 0) is 0 Å². The molecule has 2 aliphatic rings. The van der Waals surface area contributed by atoms with E-state index in [2.05, 4.69) is 15.6 Å². The Morgan fingerprint density at radius 2 is 1.94 bits per heavy atom. The van der Waals surface area contributed by atoms with Crippen LogP contribution in [-0.4, -0.2) is 58.1 Å². The van der Waals surface area contributed by atoms with Crippen molar-refractivity contribution in [2.45, 2.75) is 51.6 Å². The molecular weight excluding hydrogens is 411 g/mol. The van der Waals surface area contributed by atoms with Gasteiger partial charge < -0.3 is 20.6 Å². The highest BCUT2D eigenvalue weighted by Gasteiger charge is 2.28. The van der Waals surface area contributed by atoms with E-state index in [9.17, 15) is 19.1 Å². The molecular formula is C24H29FN4O3. The van der Waals surface area contributed by atoms with Gasteiger partial charge in [0.05, 0.1) is 23.3 Å². The molecule has 0 atom stereocenters. The fourth-order valence-electron chi connectivity index (χ4n) is 3.57. The maximum Gasteiger partial charge on any atom is 0.257 e. The summed E-state index contributed by atoms with van der Waals surface area (Å²) in [7, 11) is 0. The third-order valence-electron chi connectivity index (χ3n) is 5.90. The quantitative estimate of drug-likeness (QED) is 0.615. The van der Waals surface area contributed by atoms with E-state index in [1.807, 2.05) is 13.8 Å². The predicted octanol–water partition coefficient (Wildman–Crippen LogP) is 3.12. The minimum Gasteiger partial charge on any atom is -0.394 e. The van der Waals surface area contributed by atoms with Gasteiger partial charge in [-0.1, -0.05) is 0 Å². The summed E-state index contributed by atoms with van der Waals surface area (Å²) in [4.78, 5) is 31.8. The van der Waals surface area contributed by atoms with Gasteiger partial charge >= 0.3 is 0 Å². The van der Waals surface area contributed by atoms with Crippen molar-refractivity contribution in [1.29, 1.82) is 0 Å². The average molecular weight is 441 g/mol. The fraction of sp³-hybridized carbons (Fsp3) is 0.458. The normalized spacial score (nSPS) is 15.8. The van der Waals surface area contributed by atoms with Crippen molar-refractivity contribution in [3.8, 4) is 11.1 Å². The minimum absolute atomic E-state index is 0.0169. The molecule has 2 heterocycles. The summed E-state index contributed by atoms with van der Waals surface area (Å²) in [6.07, 6.45) is 4.39. The van der Waals surface area contributed by atoms with Crippen LogP contribution in [0.1, 0.15) is 59.4 Å². The summed E-state index contributed by atoms with van der Waals surface area (Å²) in [6.45, 7) is 6.63. The van der Waals surface area contributed by atoms with Crippen LogP contribution in [0.2, 0.25) is 0 Å². The minimum atomic E-state index is -0.668. The van der Waals surface area contributed by atoms with Crippen molar-refractivity contribution >= 4 is 17.6 Å². The van der Waals surface area contributed by atoms with Gasteiger partial charge in [-0.3, -0.25) is 9.59 Å². The SMILES string of the molecule is Cc1cc(F)c(C(=O)NC2CC2)cc1-c1cnc(NC(C)(C)CO)c(C(=O)N2CCC2)c1. The number of halogens is 1. The lowest BCUT2D eigenvalue weighted by Gasteiger charge is -2.32. The lowest BCUT2D eigenvalue weighted by atomic mass is 9.96. The van der Waals surface area contributed by atoms with E-state index in [1.54, 1.807) is 24.1 Å². The van der Waals surface area contributed by atoms with Gasteiger partial charge in [0.1, 0.15) is 11.6 Å². The molecule has 2 amide bonds. The van der Waals surface area contributed by atoms with Crippen molar-refractivity contribution in [2.75, 3.05) is 25.0 Å². The summed E-state index contributed by atoms with van der Waals surface area (Å²) >= 11 is 0. The Balaban J connectivity index is 1.74. The second kappa shape index (κ2) is 8.50. The van der Waals surface area contributed by atoms with Crippen LogP contribution in [0.5, 0.6) is 0 Å². The number of rotatable bonds is 7. The first-order chi connectivity index (χ1) is 15.2. The van der Waals surface area contributed by atoms with Crippen LogP contribution in [0.25, 0.3) is 11.1 Å². The second-order valence-electron chi connectivity index (χ2n) is 9.33. The van der Waals surface area contributed by atoms with Gasteiger partial charge in [0.15, 0.2) is 0 Å². The zero-order valence-corrected chi connectivity index (χ0v) is 18.7.